The number of aliphatic hydroxyl groups excluding tert-OH is 1. The number of nitrogens with two attached hydrogens (primary N) is 1. The number of sulfone groups is 1. The van der Waals surface area contributed by atoms with Crippen LogP contribution in [0.15, 0.2) is 0 Å². The lowest BCUT2D eigenvalue weighted by Gasteiger charge is -2.05. The van der Waals surface area contributed by atoms with E-state index in [2.05, 4.69) is 0 Å². The molecule has 0 rings (SSSR count). The summed E-state index contributed by atoms with van der Waals surface area (Å²) >= 11 is 0. The van der Waals surface area contributed by atoms with E-state index in [0.29, 0.717) is 0 Å². The molecule has 4 N–H and O–H groups in total. The second-order valence-corrected chi connectivity index (χ2v) is 4.51. The maximum Gasteiger partial charge on any atom is 0.321 e. The van der Waals surface area contributed by atoms with Crippen LogP contribution in [0, 0.1) is 0 Å². The average Bonchev–Trinajstić information content (AvgIpc) is 1.85. The summed E-state index contributed by atoms with van der Waals surface area (Å²) in [5, 5.41) is 16.5. The molecule has 0 saturated carbocycles. The molecule has 12 heavy (non-hydrogen) atoms. The quantitative estimate of drug-likeness (QED) is 0.460. The molecule has 7 heteroatoms. The van der Waals surface area contributed by atoms with Crippen molar-refractivity contribution in [3.05, 3.63) is 0 Å². The first-order chi connectivity index (χ1) is 5.39. The third-order valence-electron chi connectivity index (χ3n) is 1.15. The highest BCUT2D eigenvalue weighted by molar-refractivity contribution is 7.91. The van der Waals surface area contributed by atoms with Gasteiger partial charge in [0.1, 0.15) is 6.04 Å². The third kappa shape index (κ3) is 4.27. The molecular formula is C5H11NO5S. The molecule has 6 nitrogen and oxygen atoms in total. The predicted molar refractivity (Wildman–Crippen MR) is 41.4 cm³/mol. The van der Waals surface area contributed by atoms with E-state index in [1.807, 2.05) is 0 Å². The van der Waals surface area contributed by atoms with Gasteiger partial charge in [-0.25, -0.2) is 8.42 Å². The molecule has 0 unspecified atom stereocenters. The summed E-state index contributed by atoms with van der Waals surface area (Å²) in [6, 6.07) is -1.42. The van der Waals surface area contributed by atoms with Crippen molar-refractivity contribution in [2.45, 2.75) is 6.04 Å². The van der Waals surface area contributed by atoms with E-state index in [0.717, 1.165) is 0 Å². The summed E-state index contributed by atoms with van der Waals surface area (Å²) in [6.45, 7) is -0.519. The average molecular weight is 197 g/mol. The summed E-state index contributed by atoms with van der Waals surface area (Å²) in [7, 11) is -3.53. The van der Waals surface area contributed by atoms with Gasteiger partial charge in [-0.15, -0.1) is 0 Å². The van der Waals surface area contributed by atoms with Crippen molar-refractivity contribution < 1.29 is 23.4 Å². The first-order valence-corrected chi connectivity index (χ1v) is 5.01. The predicted octanol–water partition coefficient (Wildman–Crippen LogP) is -2.19. The Labute approximate surface area is 69.9 Å². The Hall–Kier alpha value is -0.660. The van der Waals surface area contributed by atoms with Crippen molar-refractivity contribution >= 4 is 15.8 Å². The molecule has 72 valence electrons. The second-order valence-electron chi connectivity index (χ2n) is 2.28. The van der Waals surface area contributed by atoms with Gasteiger partial charge in [0.15, 0.2) is 9.84 Å². The largest absolute Gasteiger partial charge is 0.480 e. The number of rotatable bonds is 5. The lowest BCUT2D eigenvalue weighted by Crippen LogP contribution is -2.38. The minimum atomic E-state index is -3.53. The Balaban J connectivity index is 4.16. The number of hydrogen-bond acceptors (Lipinski definition) is 5. The summed E-state index contributed by atoms with van der Waals surface area (Å²) < 4.78 is 21.7. The van der Waals surface area contributed by atoms with Gasteiger partial charge in [0, 0.05) is 0 Å². The van der Waals surface area contributed by atoms with Crippen LogP contribution < -0.4 is 5.73 Å². The number of carbonyl (C=O) groups is 1. The summed E-state index contributed by atoms with van der Waals surface area (Å²) in [6.07, 6.45) is 0. The maximum absolute atomic E-state index is 10.8. The van der Waals surface area contributed by atoms with E-state index >= 15 is 0 Å². The standard InChI is InChI=1S/C5H11NO5S/c6-4(5(8)9)3-12(10,11)2-1-7/h4,7H,1-3,6H2,(H,8,9)/t4-/m0/s1. The maximum atomic E-state index is 10.8. The lowest BCUT2D eigenvalue weighted by atomic mass is 10.4. The van der Waals surface area contributed by atoms with Crippen molar-refractivity contribution in [2.24, 2.45) is 5.73 Å². The van der Waals surface area contributed by atoms with Crippen molar-refractivity contribution in [1.82, 2.24) is 0 Å². The lowest BCUT2D eigenvalue weighted by molar-refractivity contribution is -0.137. The van der Waals surface area contributed by atoms with Gasteiger partial charge >= 0.3 is 5.97 Å². The van der Waals surface area contributed by atoms with Crippen LogP contribution in [0.1, 0.15) is 0 Å². The van der Waals surface area contributed by atoms with Gasteiger partial charge in [-0.1, -0.05) is 0 Å². The molecule has 0 bridgehead atoms. The van der Waals surface area contributed by atoms with Crippen molar-refractivity contribution in [3.63, 3.8) is 0 Å². The van der Waals surface area contributed by atoms with Crippen LogP contribution in [-0.4, -0.2) is 48.8 Å². The third-order valence-corrected chi connectivity index (χ3v) is 2.82. The highest BCUT2D eigenvalue weighted by Gasteiger charge is 2.20. The Morgan fingerprint density at radius 1 is 1.50 bits per heavy atom. The molecule has 0 aliphatic heterocycles. The van der Waals surface area contributed by atoms with Crippen LogP contribution in [0.4, 0.5) is 0 Å². The van der Waals surface area contributed by atoms with Crippen molar-refractivity contribution in [3.8, 4) is 0 Å². The van der Waals surface area contributed by atoms with Crippen molar-refractivity contribution in [2.75, 3.05) is 18.1 Å². The number of hydrogen-bond donors (Lipinski definition) is 3. The van der Waals surface area contributed by atoms with Gasteiger partial charge in [-0.3, -0.25) is 4.79 Å². The molecule has 0 aromatic rings. The van der Waals surface area contributed by atoms with Crippen LogP contribution in [-0.2, 0) is 14.6 Å². The molecule has 0 heterocycles. The Morgan fingerprint density at radius 3 is 2.33 bits per heavy atom. The number of carboxylic acid groups (broad SMARTS) is 1. The molecule has 0 amide bonds. The van der Waals surface area contributed by atoms with Gasteiger partial charge in [0.25, 0.3) is 0 Å². The molecule has 1 atom stereocenters. The Bertz CT molecular complexity index is 247. The summed E-state index contributed by atoms with van der Waals surface area (Å²) in [4.78, 5) is 10.1. The van der Waals surface area contributed by atoms with Crippen LogP contribution in [0.2, 0.25) is 0 Å². The fourth-order valence-electron chi connectivity index (χ4n) is 0.567. The summed E-state index contributed by atoms with van der Waals surface area (Å²) in [5.41, 5.74) is 4.97. The van der Waals surface area contributed by atoms with E-state index in [9.17, 15) is 13.2 Å². The molecular weight excluding hydrogens is 186 g/mol. The number of carboxylic acids is 1. The van der Waals surface area contributed by atoms with Gasteiger partial charge in [-0.05, 0) is 0 Å². The van der Waals surface area contributed by atoms with Gasteiger partial charge in [0.05, 0.1) is 18.1 Å². The smallest absolute Gasteiger partial charge is 0.321 e. The van der Waals surface area contributed by atoms with E-state index in [1.165, 1.54) is 0 Å². The molecule has 0 spiro atoms. The molecule has 0 aromatic heterocycles. The fraction of sp³-hybridized carbons (Fsp3) is 0.800. The first kappa shape index (κ1) is 11.3. The highest BCUT2D eigenvalue weighted by Crippen LogP contribution is 1.92. The zero-order valence-corrected chi connectivity index (χ0v) is 7.12. The monoisotopic (exact) mass is 197 g/mol. The topological polar surface area (TPSA) is 118 Å². The van der Waals surface area contributed by atoms with E-state index in [4.69, 9.17) is 15.9 Å². The fourth-order valence-corrected chi connectivity index (χ4v) is 1.70. The van der Waals surface area contributed by atoms with Crippen LogP contribution in [0.25, 0.3) is 0 Å². The highest BCUT2D eigenvalue weighted by atomic mass is 32.2. The van der Waals surface area contributed by atoms with Crippen LogP contribution in [0.3, 0.4) is 0 Å². The molecule has 0 saturated heterocycles. The molecule has 0 aromatic carbocycles. The number of aliphatic hydroxyl groups is 1. The Kier molecular flexibility index (Phi) is 4.15. The minimum absolute atomic E-state index is 0.450. The van der Waals surface area contributed by atoms with E-state index in [1.54, 1.807) is 0 Å². The molecule has 0 fully saturated rings. The SMILES string of the molecule is N[C@@H](CS(=O)(=O)CCO)C(=O)O. The zero-order valence-electron chi connectivity index (χ0n) is 6.30. The Morgan fingerprint density at radius 2 is 2.00 bits per heavy atom. The molecule has 0 aliphatic carbocycles. The van der Waals surface area contributed by atoms with Gasteiger partial charge in [0.2, 0.25) is 0 Å². The molecule has 0 radical (unpaired) electrons. The second kappa shape index (κ2) is 4.39. The van der Waals surface area contributed by atoms with Gasteiger partial charge < -0.3 is 15.9 Å². The van der Waals surface area contributed by atoms with Crippen LogP contribution >= 0.6 is 0 Å². The first-order valence-electron chi connectivity index (χ1n) is 3.18. The van der Waals surface area contributed by atoms with Crippen molar-refractivity contribution in [1.29, 1.82) is 0 Å². The zero-order chi connectivity index (χ0) is 9.78. The van der Waals surface area contributed by atoms with E-state index in [-0.39, 0.29) is 0 Å². The summed E-state index contributed by atoms with van der Waals surface area (Å²) in [5.74, 6) is -2.45. The normalized spacial score (nSPS) is 14.2. The van der Waals surface area contributed by atoms with Crippen LogP contribution in [0.5, 0.6) is 0 Å². The molecule has 0 aliphatic rings. The van der Waals surface area contributed by atoms with Gasteiger partial charge in [-0.2, -0.15) is 0 Å². The van der Waals surface area contributed by atoms with E-state index < -0.39 is 40.0 Å². The number of aliphatic carboxylic acids is 1. The minimum Gasteiger partial charge on any atom is -0.480 e.